The van der Waals surface area contributed by atoms with Crippen molar-refractivity contribution in [3.05, 3.63) is 17.7 Å². The Morgan fingerprint density at radius 1 is 1.31 bits per heavy atom. The normalized spacial score (nSPS) is 12.1. The van der Waals surface area contributed by atoms with Crippen LogP contribution in [-0.4, -0.2) is 39.6 Å². The molecule has 1 unspecified atom stereocenters. The average molecular weight is 228 g/mol. The van der Waals surface area contributed by atoms with Crippen LogP contribution >= 0.6 is 0 Å². The maximum Gasteiger partial charge on any atom is 0.335 e. The van der Waals surface area contributed by atoms with E-state index in [-0.39, 0.29) is 12.0 Å². The van der Waals surface area contributed by atoms with Crippen LogP contribution in [0.5, 0.6) is 17.2 Å². The molecule has 0 bridgehead atoms. The van der Waals surface area contributed by atoms with Crippen molar-refractivity contribution in [2.24, 2.45) is 0 Å². The van der Waals surface area contributed by atoms with E-state index in [1.54, 1.807) is 0 Å². The Balaban J connectivity index is 2.90. The van der Waals surface area contributed by atoms with Gasteiger partial charge in [0.25, 0.3) is 0 Å². The molecule has 1 aromatic carbocycles. The Kier molecular flexibility index (Phi) is 3.57. The molecular formula is C10H12O6. The van der Waals surface area contributed by atoms with Crippen molar-refractivity contribution < 1.29 is 30.0 Å². The molecule has 0 spiro atoms. The van der Waals surface area contributed by atoms with Gasteiger partial charge in [-0.05, 0) is 6.07 Å². The molecule has 6 heteroatoms. The van der Waals surface area contributed by atoms with Gasteiger partial charge in [-0.25, -0.2) is 4.79 Å². The molecular weight excluding hydrogens is 216 g/mol. The van der Waals surface area contributed by atoms with Crippen LogP contribution < -0.4 is 0 Å². The van der Waals surface area contributed by atoms with Crippen LogP contribution in [0, 0.1) is 0 Å². The zero-order valence-electron chi connectivity index (χ0n) is 8.54. The first kappa shape index (κ1) is 12.1. The summed E-state index contributed by atoms with van der Waals surface area (Å²) in [6.45, 7) is 0. The monoisotopic (exact) mass is 228 g/mol. The molecule has 0 aliphatic carbocycles. The molecule has 0 radical (unpaired) electrons. The van der Waals surface area contributed by atoms with Gasteiger partial charge in [0.05, 0.1) is 7.11 Å². The topological polar surface area (TPSA) is 107 Å². The summed E-state index contributed by atoms with van der Waals surface area (Å²) in [6.07, 6.45) is -1.65. The van der Waals surface area contributed by atoms with E-state index in [9.17, 15) is 20.1 Å². The van der Waals surface area contributed by atoms with Gasteiger partial charge < -0.3 is 25.2 Å². The lowest BCUT2D eigenvalue weighted by molar-refractivity contribution is -0.150. The Morgan fingerprint density at radius 3 is 2.50 bits per heavy atom. The predicted octanol–water partition coefficient (Wildman–Crippen LogP) is -0.120. The minimum absolute atomic E-state index is 0.133. The third-order valence-corrected chi connectivity index (χ3v) is 2.10. The highest BCUT2D eigenvalue weighted by Gasteiger charge is 2.19. The van der Waals surface area contributed by atoms with Crippen LogP contribution in [0.25, 0.3) is 0 Å². The average Bonchev–Trinajstić information content (AvgIpc) is 2.28. The fourth-order valence-corrected chi connectivity index (χ4v) is 1.20. The molecule has 0 fully saturated rings. The van der Waals surface area contributed by atoms with E-state index in [4.69, 9.17) is 5.11 Å². The predicted molar refractivity (Wildman–Crippen MR) is 53.2 cm³/mol. The van der Waals surface area contributed by atoms with E-state index in [2.05, 4.69) is 4.74 Å². The summed E-state index contributed by atoms with van der Waals surface area (Å²) in [5, 5.41) is 37.0. The third-order valence-electron chi connectivity index (χ3n) is 2.10. The summed E-state index contributed by atoms with van der Waals surface area (Å²) < 4.78 is 4.30. The van der Waals surface area contributed by atoms with Crippen molar-refractivity contribution in [3.63, 3.8) is 0 Å². The van der Waals surface area contributed by atoms with E-state index in [1.165, 1.54) is 6.07 Å². The second-order valence-electron chi connectivity index (χ2n) is 3.18. The lowest BCUT2D eigenvalue weighted by Crippen LogP contribution is -2.24. The van der Waals surface area contributed by atoms with E-state index in [1.807, 2.05) is 0 Å². The molecule has 4 N–H and O–H groups in total. The summed E-state index contributed by atoms with van der Waals surface area (Å²) in [4.78, 5) is 10.9. The second-order valence-corrected chi connectivity index (χ2v) is 3.18. The largest absolute Gasteiger partial charge is 0.504 e. The molecule has 88 valence electrons. The first-order valence-electron chi connectivity index (χ1n) is 4.46. The molecule has 0 saturated carbocycles. The number of ether oxygens (including phenoxy) is 1. The summed E-state index contributed by atoms with van der Waals surface area (Å²) >= 11 is 0. The van der Waals surface area contributed by atoms with Gasteiger partial charge in [-0.1, -0.05) is 6.07 Å². The van der Waals surface area contributed by atoms with E-state index < -0.39 is 29.3 Å². The molecule has 0 aliphatic heterocycles. The Bertz CT molecular complexity index is 401. The van der Waals surface area contributed by atoms with Gasteiger partial charge in [-0.3, -0.25) is 0 Å². The first-order valence-corrected chi connectivity index (χ1v) is 4.46. The van der Waals surface area contributed by atoms with Crippen LogP contribution in [0.4, 0.5) is 0 Å². The van der Waals surface area contributed by atoms with Crippen LogP contribution in [0.15, 0.2) is 12.1 Å². The van der Waals surface area contributed by atoms with Crippen molar-refractivity contribution in [1.29, 1.82) is 0 Å². The van der Waals surface area contributed by atoms with Gasteiger partial charge in [-0.15, -0.1) is 0 Å². The molecule has 0 aliphatic rings. The number of hydrogen-bond acceptors (Lipinski definition) is 6. The fourth-order valence-electron chi connectivity index (χ4n) is 1.20. The Morgan fingerprint density at radius 2 is 1.94 bits per heavy atom. The van der Waals surface area contributed by atoms with Crippen molar-refractivity contribution in [2.75, 3.05) is 7.11 Å². The van der Waals surface area contributed by atoms with Crippen molar-refractivity contribution >= 4 is 5.97 Å². The number of aliphatic hydroxyl groups excluding tert-OH is 1. The lowest BCUT2D eigenvalue weighted by atomic mass is 10.1. The number of phenolic OH excluding ortho intramolecular Hbond substituents is 3. The number of hydrogen-bond donors (Lipinski definition) is 4. The number of phenols is 3. The number of esters is 1. The minimum Gasteiger partial charge on any atom is -0.504 e. The van der Waals surface area contributed by atoms with E-state index >= 15 is 0 Å². The standard InChI is InChI=1S/C10H12O6/c1-16-10(15)7(12)4-5-2-3-6(11)9(14)8(5)13/h2-3,7,11-14H,4H2,1H3. The Hall–Kier alpha value is -1.95. The highest BCUT2D eigenvalue weighted by Crippen LogP contribution is 2.37. The van der Waals surface area contributed by atoms with Gasteiger partial charge in [0.1, 0.15) is 0 Å². The SMILES string of the molecule is COC(=O)C(O)Cc1ccc(O)c(O)c1O. The highest BCUT2D eigenvalue weighted by molar-refractivity contribution is 5.74. The van der Waals surface area contributed by atoms with Crippen molar-refractivity contribution in [3.8, 4) is 17.2 Å². The molecule has 6 nitrogen and oxygen atoms in total. The Labute approximate surface area is 91.3 Å². The number of carbonyl (C=O) groups is 1. The number of methoxy groups -OCH3 is 1. The molecule has 1 aromatic rings. The maximum absolute atomic E-state index is 10.9. The summed E-state index contributed by atoms with van der Waals surface area (Å²) in [6, 6.07) is 2.44. The number of aromatic hydroxyl groups is 3. The highest BCUT2D eigenvalue weighted by atomic mass is 16.5. The molecule has 0 aromatic heterocycles. The first-order chi connectivity index (χ1) is 7.47. The fraction of sp³-hybridized carbons (Fsp3) is 0.300. The molecule has 16 heavy (non-hydrogen) atoms. The summed E-state index contributed by atoms with van der Waals surface area (Å²) in [7, 11) is 1.12. The van der Waals surface area contributed by atoms with Crippen molar-refractivity contribution in [2.45, 2.75) is 12.5 Å². The van der Waals surface area contributed by atoms with Gasteiger partial charge >= 0.3 is 5.97 Å². The number of rotatable bonds is 3. The minimum atomic E-state index is -1.43. The molecule has 1 atom stereocenters. The van der Waals surface area contributed by atoms with Crippen LogP contribution in [0.2, 0.25) is 0 Å². The van der Waals surface area contributed by atoms with Crippen LogP contribution in [0.1, 0.15) is 5.56 Å². The van der Waals surface area contributed by atoms with Crippen molar-refractivity contribution in [1.82, 2.24) is 0 Å². The van der Waals surface area contributed by atoms with E-state index in [0.717, 1.165) is 13.2 Å². The van der Waals surface area contributed by atoms with Gasteiger partial charge in [0.15, 0.2) is 17.6 Å². The smallest absolute Gasteiger partial charge is 0.335 e. The van der Waals surface area contributed by atoms with Gasteiger partial charge in [0, 0.05) is 12.0 Å². The maximum atomic E-state index is 10.9. The van der Waals surface area contributed by atoms with E-state index in [0.29, 0.717) is 0 Å². The van der Waals surface area contributed by atoms with Gasteiger partial charge in [-0.2, -0.15) is 0 Å². The zero-order chi connectivity index (χ0) is 12.3. The summed E-state index contributed by atoms with van der Waals surface area (Å²) in [5.74, 6) is -2.57. The lowest BCUT2D eigenvalue weighted by Gasteiger charge is -2.10. The van der Waals surface area contributed by atoms with Crippen LogP contribution in [-0.2, 0) is 16.0 Å². The second kappa shape index (κ2) is 4.71. The third kappa shape index (κ3) is 2.34. The molecule has 0 saturated heterocycles. The molecule has 0 heterocycles. The molecule has 1 rings (SSSR count). The zero-order valence-corrected chi connectivity index (χ0v) is 8.54. The number of aliphatic hydroxyl groups is 1. The number of benzene rings is 1. The van der Waals surface area contributed by atoms with Crippen LogP contribution in [0.3, 0.4) is 0 Å². The number of carbonyl (C=O) groups excluding carboxylic acids is 1. The summed E-state index contributed by atoms with van der Waals surface area (Å²) in [5.41, 5.74) is 0.133. The quantitative estimate of drug-likeness (QED) is 0.424. The molecule has 0 amide bonds. The van der Waals surface area contributed by atoms with Gasteiger partial charge in [0.2, 0.25) is 5.75 Å².